The maximum absolute atomic E-state index is 12.2. The Morgan fingerprint density at radius 3 is 2.54 bits per heavy atom. The van der Waals surface area contributed by atoms with Gasteiger partial charge in [0.05, 0.1) is 23.9 Å². The van der Waals surface area contributed by atoms with Gasteiger partial charge in [0, 0.05) is 18.6 Å². The SMILES string of the molecule is N#Cc1cc([N+](=O)[O-])c(NC(=O)C[C](CC(=O)O)C(=O)Cl)cc1OCC1CC1. The molecule has 0 saturated heterocycles. The number of benzene rings is 1. The van der Waals surface area contributed by atoms with Crippen LogP contribution in [-0.4, -0.2) is 33.8 Å². The Hall–Kier alpha value is -3.19. The molecule has 147 valence electrons. The van der Waals surface area contributed by atoms with Crippen LogP contribution in [0.2, 0.25) is 0 Å². The number of anilines is 1. The number of ether oxygens (including phenoxy) is 1. The molecule has 0 aromatic heterocycles. The zero-order valence-corrected chi connectivity index (χ0v) is 15.2. The predicted molar refractivity (Wildman–Crippen MR) is 95.6 cm³/mol. The number of nitrogens with zero attached hydrogens (tertiary/aromatic N) is 2. The van der Waals surface area contributed by atoms with Crippen molar-refractivity contribution < 1.29 is 29.2 Å². The molecule has 0 heterocycles. The van der Waals surface area contributed by atoms with Crippen molar-refractivity contribution in [1.82, 2.24) is 0 Å². The first-order valence-electron chi connectivity index (χ1n) is 8.12. The van der Waals surface area contributed by atoms with E-state index in [4.69, 9.17) is 21.4 Å². The maximum atomic E-state index is 12.2. The van der Waals surface area contributed by atoms with Crippen molar-refractivity contribution in [2.45, 2.75) is 25.7 Å². The normalized spacial score (nSPS) is 12.9. The summed E-state index contributed by atoms with van der Waals surface area (Å²) in [5.41, 5.74) is -0.837. The van der Waals surface area contributed by atoms with Crippen molar-refractivity contribution >= 4 is 40.1 Å². The van der Waals surface area contributed by atoms with Crippen molar-refractivity contribution in [2.24, 2.45) is 5.92 Å². The summed E-state index contributed by atoms with van der Waals surface area (Å²) in [5, 5.41) is 30.4. The van der Waals surface area contributed by atoms with E-state index >= 15 is 0 Å². The lowest BCUT2D eigenvalue weighted by Gasteiger charge is -2.13. The Kier molecular flexibility index (Phi) is 6.89. The van der Waals surface area contributed by atoms with E-state index in [9.17, 15) is 29.8 Å². The average Bonchev–Trinajstić information content (AvgIpc) is 3.42. The lowest BCUT2D eigenvalue weighted by molar-refractivity contribution is -0.384. The minimum absolute atomic E-state index is 0.0561. The van der Waals surface area contributed by atoms with Gasteiger partial charge in [-0.25, -0.2) is 0 Å². The summed E-state index contributed by atoms with van der Waals surface area (Å²) >= 11 is 5.27. The quantitative estimate of drug-likeness (QED) is 0.339. The summed E-state index contributed by atoms with van der Waals surface area (Å²) in [6.45, 7) is 0.344. The highest BCUT2D eigenvalue weighted by molar-refractivity contribution is 6.67. The van der Waals surface area contributed by atoms with E-state index in [2.05, 4.69) is 5.32 Å². The molecule has 1 aliphatic rings. The van der Waals surface area contributed by atoms with Crippen LogP contribution in [0.1, 0.15) is 31.2 Å². The third kappa shape index (κ3) is 5.92. The van der Waals surface area contributed by atoms with Crippen LogP contribution in [0.15, 0.2) is 12.1 Å². The molecule has 2 rings (SSSR count). The molecular formula is C17H15ClN3O7. The lowest BCUT2D eigenvalue weighted by Crippen LogP contribution is -2.21. The van der Waals surface area contributed by atoms with E-state index in [1.807, 2.05) is 6.07 Å². The molecule has 0 aliphatic heterocycles. The topological polar surface area (TPSA) is 160 Å². The molecule has 1 amide bonds. The Balaban J connectivity index is 2.23. The van der Waals surface area contributed by atoms with Crippen molar-refractivity contribution in [3.63, 3.8) is 0 Å². The molecule has 1 radical (unpaired) electrons. The van der Waals surface area contributed by atoms with Gasteiger partial charge in [-0.3, -0.25) is 24.5 Å². The number of nitro benzene ring substituents is 1. The van der Waals surface area contributed by atoms with Crippen LogP contribution in [0.25, 0.3) is 0 Å². The van der Waals surface area contributed by atoms with Crippen LogP contribution in [0.4, 0.5) is 11.4 Å². The van der Waals surface area contributed by atoms with E-state index in [0.717, 1.165) is 25.0 Å². The Morgan fingerprint density at radius 2 is 2.04 bits per heavy atom. The largest absolute Gasteiger partial charge is 0.492 e. The monoisotopic (exact) mass is 408 g/mol. The third-order valence-corrected chi connectivity index (χ3v) is 4.14. The van der Waals surface area contributed by atoms with Crippen LogP contribution in [-0.2, 0) is 14.4 Å². The van der Waals surface area contributed by atoms with Crippen molar-refractivity contribution in [1.29, 1.82) is 5.26 Å². The number of nitro groups is 1. The zero-order valence-electron chi connectivity index (χ0n) is 14.4. The number of amides is 1. The van der Waals surface area contributed by atoms with Crippen molar-refractivity contribution in [2.75, 3.05) is 11.9 Å². The Morgan fingerprint density at radius 1 is 1.36 bits per heavy atom. The second-order valence-electron chi connectivity index (χ2n) is 6.16. The molecule has 10 nitrogen and oxygen atoms in total. The number of nitrogens with one attached hydrogen (secondary N) is 1. The third-order valence-electron chi connectivity index (χ3n) is 3.88. The van der Waals surface area contributed by atoms with Gasteiger partial charge < -0.3 is 15.2 Å². The highest BCUT2D eigenvalue weighted by Crippen LogP contribution is 2.35. The van der Waals surface area contributed by atoms with E-state index in [1.54, 1.807) is 0 Å². The predicted octanol–water partition coefficient (Wildman–Crippen LogP) is 2.40. The molecule has 1 aromatic rings. The minimum atomic E-state index is -1.35. The van der Waals surface area contributed by atoms with Gasteiger partial charge in [0.1, 0.15) is 23.1 Å². The average molecular weight is 409 g/mol. The summed E-state index contributed by atoms with van der Waals surface area (Å²) in [6.07, 6.45) is 0.602. The number of carbonyl (C=O) groups is 3. The van der Waals surface area contributed by atoms with E-state index in [1.165, 1.54) is 0 Å². The van der Waals surface area contributed by atoms with Crippen molar-refractivity contribution in [3.05, 3.63) is 33.7 Å². The molecule has 11 heteroatoms. The molecule has 0 unspecified atom stereocenters. The standard InChI is InChI=1S/C17H15ClN3O7/c18-17(25)10(5-16(23)24)4-15(22)20-12-6-14(28-8-9-1-2-9)11(7-19)3-13(12)21(26)27/h3,6,9H,1-2,4-5,8H2,(H,20,22)(H,23,24). The first kappa shape index (κ1) is 21.1. The smallest absolute Gasteiger partial charge is 0.304 e. The number of hydrogen-bond acceptors (Lipinski definition) is 7. The molecule has 1 fully saturated rings. The van der Waals surface area contributed by atoms with Gasteiger partial charge >= 0.3 is 5.97 Å². The first-order chi connectivity index (χ1) is 13.2. The van der Waals surface area contributed by atoms with Crippen LogP contribution < -0.4 is 10.1 Å². The van der Waals surface area contributed by atoms with Crippen molar-refractivity contribution in [3.8, 4) is 11.8 Å². The second-order valence-corrected chi connectivity index (χ2v) is 6.50. The van der Waals surface area contributed by atoms with Gasteiger partial charge in [0.2, 0.25) is 11.1 Å². The van der Waals surface area contributed by atoms with Crippen LogP contribution >= 0.6 is 11.6 Å². The number of nitriles is 1. The second kappa shape index (κ2) is 9.14. The van der Waals surface area contributed by atoms with E-state index in [-0.39, 0.29) is 22.9 Å². The molecule has 28 heavy (non-hydrogen) atoms. The number of halogens is 1. The zero-order chi connectivity index (χ0) is 20.8. The minimum Gasteiger partial charge on any atom is -0.492 e. The van der Waals surface area contributed by atoms with Crippen LogP contribution in [0.5, 0.6) is 5.75 Å². The molecule has 1 aliphatic carbocycles. The summed E-state index contributed by atoms with van der Waals surface area (Å²) in [5.74, 6) is -2.14. The number of carboxylic acid groups (broad SMARTS) is 1. The van der Waals surface area contributed by atoms with Crippen LogP contribution in [0, 0.1) is 33.3 Å². The fourth-order valence-corrected chi connectivity index (χ4v) is 2.42. The molecule has 0 spiro atoms. The number of hydrogen-bond donors (Lipinski definition) is 2. The highest BCUT2D eigenvalue weighted by atomic mass is 35.5. The first-order valence-corrected chi connectivity index (χ1v) is 8.50. The molecule has 1 aromatic carbocycles. The number of carbonyl (C=O) groups excluding carboxylic acids is 2. The Labute approximate surface area is 164 Å². The van der Waals surface area contributed by atoms with Gasteiger partial charge in [-0.05, 0) is 30.4 Å². The van der Waals surface area contributed by atoms with Gasteiger partial charge in [-0.2, -0.15) is 5.26 Å². The summed E-state index contributed by atoms with van der Waals surface area (Å²) in [7, 11) is 0. The summed E-state index contributed by atoms with van der Waals surface area (Å²) in [4.78, 5) is 44.7. The number of rotatable bonds is 10. The van der Waals surface area contributed by atoms with Gasteiger partial charge in [-0.1, -0.05) is 0 Å². The molecule has 0 bridgehead atoms. The lowest BCUT2D eigenvalue weighted by atomic mass is 10.0. The number of carboxylic acids is 1. The molecule has 1 saturated carbocycles. The Bertz CT molecular complexity index is 861. The van der Waals surface area contributed by atoms with E-state index in [0.29, 0.717) is 12.5 Å². The summed E-state index contributed by atoms with van der Waals surface area (Å²) < 4.78 is 5.53. The number of aliphatic carboxylic acids is 1. The molecule has 2 N–H and O–H groups in total. The van der Waals surface area contributed by atoms with Crippen LogP contribution in [0.3, 0.4) is 0 Å². The molecular weight excluding hydrogens is 394 g/mol. The van der Waals surface area contributed by atoms with Gasteiger partial charge in [0.15, 0.2) is 0 Å². The van der Waals surface area contributed by atoms with Gasteiger partial charge in [0.25, 0.3) is 5.69 Å². The summed E-state index contributed by atoms with van der Waals surface area (Å²) in [6, 6.07) is 3.95. The van der Waals surface area contributed by atoms with E-state index < -0.39 is 40.6 Å². The highest BCUT2D eigenvalue weighted by Gasteiger charge is 2.27. The maximum Gasteiger partial charge on any atom is 0.304 e. The fourth-order valence-electron chi connectivity index (χ4n) is 2.29. The fraction of sp³-hybridized carbons (Fsp3) is 0.353. The van der Waals surface area contributed by atoms with Gasteiger partial charge in [-0.15, -0.1) is 0 Å². The molecule has 0 atom stereocenters.